The Morgan fingerprint density at radius 3 is 2.20 bits per heavy atom. The molecule has 0 atom stereocenters. The summed E-state index contributed by atoms with van der Waals surface area (Å²) in [5.41, 5.74) is 1.61. The minimum atomic E-state index is -0.665. The van der Waals surface area contributed by atoms with Gasteiger partial charge in [-0.3, -0.25) is 9.59 Å². The van der Waals surface area contributed by atoms with Gasteiger partial charge in [-0.15, -0.1) is 5.06 Å². The molecule has 0 aromatic heterocycles. The molecule has 5 heteroatoms. The highest BCUT2D eigenvalue weighted by Crippen LogP contribution is 2.37. The van der Waals surface area contributed by atoms with E-state index in [-0.39, 0.29) is 12.8 Å². The van der Waals surface area contributed by atoms with Gasteiger partial charge in [0.15, 0.2) is 0 Å². The predicted octanol–water partition coefficient (Wildman–Crippen LogP) is 3.98. The van der Waals surface area contributed by atoms with Crippen molar-refractivity contribution in [3.05, 3.63) is 35.4 Å². The van der Waals surface area contributed by atoms with E-state index in [0.29, 0.717) is 16.5 Å². The van der Waals surface area contributed by atoms with Crippen molar-refractivity contribution in [3.63, 3.8) is 0 Å². The number of hydrogen-bond donors (Lipinski definition) is 0. The van der Waals surface area contributed by atoms with Crippen LogP contribution in [0.5, 0.6) is 0 Å². The Morgan fingerprint density at radius 1 is 1.04 bits per heavy atom. The summed E-state index contributed by atoms with van der Waals surface area (Å²) in [7, 11) is 0. The topological polar surface area (TPSA) is 63.7 Å². The van der Waals surface area contributed by atoms with Gasteiger partial charge >= 0.3 is 5.97 Å². The first-order valence-corrected chi connectivity index (χ1v) is 9.26. The Labute approximate surface area is 148 Å². The number of benzene rings is 1. The number of amides is 2. The van der Waals surface area contributed by atoms with Crippen molar-refractivity contribution in [2.45, 2.75) is 64.2 Å². The number of carbonyl (C=O) groups excluding carboxylic acids is 3. The zero-order valence-corrected chi connectivity index (χ0v) is 14.7. The highest BCUT2D eigenvalue weighted by atomic mass is 16.7. The number of rotatable bonds is 5. The van der Waals surface area contributed by atoms with E-state index in [4.69, 9.17) is 4.84 Å². The Bertz CT molecular complexity index is 628. The van der Waals surface area contributed by atoms with Crippen molar-refractivity contribution in [1.29, 1.82) is 0 Å². The standard InChI is InChI=1S/C20H25NO4/c1-2-3-14-4-6-15(7-5-14)16-8-10-17(11-9-16)20(24)25-21-18(22)12-13-19(21)23/h8-11,14-15H,2-7,12-13H2,1H3. The van der Waals surface area contributed by atoms with Gasteiger partial charge < -0.3 is 4.84 Å². The molecule has 2 amide bonds. The summed E-state index contributed by atoms with van der Waals surface area (Å²) in [6, 6.07) is 7.38. The molecule has 1 aliphatic carbocycles. The molecule has 25 heavy (non-hydrogen) atoms. The molecule has 0 radical (unpaired) electrons. The van der Waals surface area contributed by atoms with Gasteiger partial charge in [-0.05, 0) is 55.2 Å². The molecule has 2 aliphatic rings. The maximum absolute atomic E-state index is 12.1. The van der Waals surface area contributed by atoms with Crippen LogP contribution in [0.2, 0.25) is 0 Å². The van der Waals surface area contributed by atoms with E-state index in [9.17, 15) is 14.4 Å². The SMILES string of the molecule is CCCC1CCC(c2ccc(C(=O)ON3C(=O)CCC3=O)cc2)CC1. The third-order valence-corrected chi connectivity index (χ3v) is 5.34. The van der Waals surface area contributed by atoms with Gasteiger partial charge in [0, 0.05) is 12.8 Å². The molecule has 0 N–H and O–H groups in total. The van der Waals surface area contributed by atoms with Crippen LogP contribution < -0.4 is 0 Å². The normalized spacial score (nSPS) is 23.8. The average Bonchev–Trinajstić information content (AvgIpc) is 2.95. The minimum Gasteiger partial charge on any atom is -0.325 e. The van der Waals surface area contributed by atoms with Crippen LogP contribution in [0, 0.1) is 5.92 Å². The van der Waals surface area contributed by atoms with E-state index < -0.39 is 17.8 Å². The number of imide groups is 1. The fourth-order valence-corrected chi connectivity index (χ4v) is 3.88. The lowest BCUT2D eigenvalue weighted by atomic mass is 9.77. The third kappa shape index (κ3) is 4.09. The van der Waals surface area contributed by atoms with Crippen LogP contribution in [0.25, 0.3) is 0 Å². The molecular formula is C20H25NO4. The zero-order valence-electron chi connectivity index (χ0n) is 14.7. The molecule has 2 fully saturated rings. The second-order valence-corrected chi connectivity index (χ2v) is 7.09. The molecule has 1 heterocycles. The fraction of sp³-hybridized carbons (Fsp3) is 0.550. The van der Waals surface area contributed by atoms with Gasteiger partial charge in [-0.2, -0.15) is 0 Å². The van der Waals surface area contributed by atoms with Gasteiger partial charge in [-0.25, -0.2) is 4.79 Å². The first kappa shape index (κ1) is 17.6. The molecule has 1 aliphatic heterocycles. The first-order valence-electron chi connectivity index (χ1n) is 9.26. The van der Waals surface area contributed by atoms with Gasteiger partial charge in [0.05, 0.1) is 5.56 Å². The Hall–Kier alpha value is -2.17. The smallest absolute Gasteiger partial charge is 0.325 e. The van der Waals surface area contributed by atoms with Crippen LogP contribution in [-0.2, 0) is 14.4 Å². The van der Waals surface area contributed by atoms with Crippen molar-refractivity contribution >= 4 is 17.8 Å². The van der Waals surface area contributed by atoms with Crippen LogP contribution >= 0.6 is 0 Å². The second-order valence-electron chi connectivity index (χ2n) is 7.09. The highest BCUT2D eigenvalue weighted by molar-refractivity contribution is 6.02. The van der Waals surface area contributed by atoms with Crippen molar-refractivity contribution in [1.82, 2.24) is 5.06 Å². The largest absolute Gasteiger partial charge is 0.363 e. The van der Waals surface area contributed by atoms with Crippen LogP contribution in [0.3, 0.4) is 0 Å². The summed E-state index contributed by atoms with van der Waals surface area (Å²) in [6.07, 6.45) is 7.75. The van der Waals surface area contributed by atoms with Gasteiger partial charge in [0.2, 0.25) is 0 Å². The maximum Gasteiger partial charge on any atom is 0.363 e. The summed E-state index contributed by atoms with van der Waals surface area (Å²) in [4.78, 5) is 40.1. The Balaban J connectivity index is 1.58. The second kappa shape index (κ2) is 7.81. The summed E-state index contributed by atoms with van der Waals surface area (Å²) in [6.45, 7) is 2.24. The maximum atomic E-state index is 12.1. The monoisotopic (exact) mass is 343 g/mol. The first-order chi connectivity index (χ1) is 12.1. The molecule has 1 saturated carbocycles. The van der Waals surface area contributed by atoms with Crippen LogP contribution in [-0.4, -0.2) is 22.8 Å². The van der Waals surface area contributed by atoms with Crippen molar-refractivity contribution in [2.75, 3.05) is 0 Å². The summed E-state index contributed by atoms with van der Waals surface area (Å²) in [5, 5.41) is 0.589. The molecular weight excluding hydrogens is 318 g/mol. The van der Waals surface area contributed by atoms with Crippen molar-refractivity contribution < 1.29 is 19.2 Å². The minimum absolute atomic E-state index is 0.103. The van der Waals surface area contributed by atoms with E-state index in [2.05, 4.69) is 6.92 Å². The lowest BCUT2D eigenvalue weighted by Crippen LogP contribution is -2.32. The molecule has 1 aromatic carbocycles. The highest BCUT2D eigenvalue weighted by Gasteiger charge is 2.33. The van der Waals surface area contributed by atoms with E-state index in [1.165, 1.54) is 44.1 Å². The quantitative estimate of drug-likeness (QED) is 0.759. The van der Waals surface area contributed by atoms with E-state index in [0.717, 1.165) is 5.92 Å². The molecule has 5 nitrogen and oxygen atoms in total. The molecule has 0 unspecified atom stereocenters. The number of nitrogens with zero attached hydrogens (tertiary/aromatic N) is 1. The zero-order chi connectivity index (χ0) is 17.8. The van der Waals surface area contributed by atoms with Gasteiger partial charge in [0.1, 0.15) is 0 Å². The molecule has 0 spiro atoms. The molecule has 0 bridgehead atoms. The third-order valence-electron chi connectivity index (χ3n) is 5.34. The van der Waals surface area contributed by atoms with Crippen LogP contribution in [0.15, 0.2) is 24.3 Å². The fourth-order valence-electron chi connectivity index (χ4n) is 3.88. The number of hydrogen-bond acceptors (Lipinski definition) is 4. The Kier molecular flexibility index (Phi) is 5.51. The molecule has 134 valence electrons. The average molecular weight is 343 g/mol. The number of carbonyl (C=O) groups is 3. The summed E-state index contributed by atoms with van der Waals surface area (Å²) >= 11 is 0. The summed E-state index contributed by atoms with van der Waals surface area (Å²) in [5.74, 6) is -0.162. The molecule has 1 aromatic rings. The van der Waals surface area contributed by atoms with Crippen molar-refractivity contribution in [2.24, 2.45) is 5.92 Å². The van der Waals surface area contributed by atoms with E-state index in [1.54, 1.807) is 12.1 Å². The van der Waals surface area contributed by atoms with Gasteiger partial charge in [0.25, 0.3) is 11.8 Å². The lowest BCUT2D eigenvalue weighted by Gasteiger charge is -2.28. The van der Waals surface area contributed by atoms with E-state index >= 15 is 0 Å². The van der Waals surface area contributed by atoms with E-state index in [1.807, 2.05) is 12.1 Å². The lowest BCUT2D eigenvalue weighted by molar-refractivity contribution is -0.172. The molecule has 3 rings (SSSR count). The number of hydroxylamine groups is 2. The van der Waals surface area contributed by atoms with Crippen LogP contribution in [0.1, 0.15) is 80.1 Å². The van der Waals surface area contributed by atoms with Crippen LogP contribution in [0.4, 0.5) is 0 Å². The predicted molar refractivity (Wildman–Crippen MR) is 92.6 cm³/mol. The Morgan fingerprint density at radius 2 is 1.64 bits per heavy atom. The van der Waals surface area contributed by atoms with Gasteiger partial charge in [-0.1, -0.05) is 31.9 Å². The summed E-state index contributed by atoms with van der Waals surface area (Å²) < 4.78 is 0. The molecule has 1 saturated heterocycles. The van der Waals surface area contributed by atoms with Crippen molar-refractivity contribution in [3.8, 4) is 0 Å².